The van der Waals surface area contributed by atoms with E-state index in [-0.39, 0.29) is 17.8 Å². The number of benzene rings is 1. The molecule has 156 valence electrons. The van der Waals surface area contributed by atoms with Gasteiger partial charge in [-0.15, -0.1) is 5.10 Å². The van der Waals surface area contributed by atoms with Gasteiger partial charge in [0.05, 0.1) is 6.54 Å². The van der Waals surface area contributed by atoms with Crippen LogP contribution in [0, 0.1) is 5.82 Å². The second-order valence-electron chi connectivity index (χ2n) is 7.74. The predicted molar refractivity (Wildman–Crippen MR) is 111 cm³/mol. The van der Waals surface area contributed by atoms with E-state index in [0.717, 1.165) is 11.5 Å². The van der Waals surface area contributed by atoms with Gasteiger partial charge in [-0.2, -0.15) is 0 Å². The molecule has 0 aliphatic carbocycles. The number of halogens is 1. The predicted octanol–water partition coefficient (Wildman–Crippen LogP) is 3.37. The van der Waals surface area contributed by atoms with Gasteiger partial charge in [-0.05, 0) is 44.4 Å². The lowest BCUT2D eigenvalue weighted by Gasteiger charge is -2.33. The van der Waals surface area contributed by atoms with Crippen molar-refractivity contribution in [2.45, 2.75) is 38.9 Å². The molecule has 7 nitrogen and oxygen atoms in total. The molecule has 2 heterocycles. The molecule has 3 rings (SSSR count). The van der Waals surface area contributed by atoms with E-state index in [2.05, 4.69) is 19.9 Å². The number of pyridine rings is 1. The maximum Gasteiger partial charge on any atom is 0.276 e. The molecule has 2 aromatic heterocycles. The van der Waals surface area contributed by atoms with Gasteiger partial charge in [-0.3, -0.25) is 14.6 Å². The van der Waals surface area contributed by atoms with Crippen LogP contribution in [0.25, 0.3) is 0 Å². The molecule has 0 saturated heterocycles. The first-order chi connectivity index (χ1) is 14.3. The van der Waals surface area contributed by atoms with Crippen LogP contribution in [0.5, 0.6) is 0 Å². The number of hydrogen-bond acceptors (Lipinski definition) is 6. The van der Waals surface area contributed by atoms with E-state index >= 15 is 0 Å². The van der Waals surface area contributed by atoms with Gasteiger partial charge in [0, 0.05) is 34.4 Å². The zero-order chi connectivity index (χ0) is 21.7. The van der Waals surface area contributed by atoms with Gasteiger partial charge in [0.1, 0.15) is 11.9 Å². The second kappa shape index (κ2) is 9.08. The minimum atomic E-state index is -1.04. The number of nitrogens with zero attached hydrogens (tertiary/aromatic N) is 4. The number of rotatable bonds is 6. The molecule has 0 radical (unpaired) electrons. The molecular weight excluding hydrogens is 405 g/mol. The molecule has 3 aromatic rings. The van der Waals surface area contributed by atoms with Gasteiger partial charge >= 0.3 is 0 Å². The molecule has 1 atom stereocenters. The standard InChI is InChI=1S/C21H22FN5O2S/c1-21(2,3)24-19(28)18(14-8-6-10-23-11-14)27(20(29)17-13-30-26-25-17)12-15-7-4-5-9-16(15)22/h4-11,13,18H,12H2,1-3H3,(H,24,28)/t18-/m0/s1. The van der Waals surface area contributed by atoms with Crippen molar-refractivity contribution in [3.05, 3.63) is 76.8 Å². The Hall–Kier alpha value is -3.20. The summed E-state index contributed by atoms with van der Waals surface area (Å²) >= 11 is 1.03. The van der Waals surface area contributed by atoms with Gasteiger partial charge in [0.2, 0.25) is 5.91 Å². The van der Waals surface area contributed by atoms with Crippen molar-refractivity contribution in [2.24, 2.45) is 0 Å². The zero-order valence-electron chi connectivity index (χ0n) is 16.9. The van der Waals surface area contributed by atoms with E-state index < -0.39 is 29.2 Å². The Balaban J connectivity index is 2.09. The first-order valence-electron chi connectivity index (χ1n) is 9.29. The molecule has 0 bridgehead atoms. The van der Waals surface area contributed by atoms with Crippen LogP contribution in [0.1, 0.15) is 48.4 Å². The summed E-state index contributed by atoms with van der Waals surface area (Å²) in [6.07, 6.45) is 3.10. The third-order valence-corrected chi connectivity index (χ3v) is 4.70. The Kier molecular flexibility index (Phi) is 6.51. The summed E-state index contributed by atoms with van der Waals surface area (Å²) in [5.41, 5.74) is 0.347. The third-order valence-electron chi connectivity index (χ3n) is 4.20. The molecule has 30 heavy (non-hydrogen) atoms. The second-order valence-corrected chi connectivity index (χ2v) is 8.35. The summed E-state index contributed by atoms with van der Waals surface area (Å²) in [5, 5.41) is 8.26. The first-order valence-corrected chi connectivity index (χ1v) is 10.1. The highest BCUT2D eigenvalue weighted by molar-refractivity contribution is 7.03. The van der Waals surface area contributed by atoms with Crippen LogP contribution in [0.4, 0.5) is 4.39 Å². The van der Waals surface area contributed by atoms with E-state index in [9.17, 15) is 14.0 Å². The van der Waals surface area contributed by atoms with Crippen molar-refractivity contribution >= 4 is 23.3 Å². The molecule has 0 saturated carbocycles. The van der Waals surface area contributed by atoms with E-state index in [4.69, 9.17) is 0 Å². The lowest BCUT2D eigenvalue weighted by Crippen LogP contribution is -2.49. The van der Waals surface area contributed by atoms with E-state index in [1.807, 2.05) is 20.8 Å². The van der Waals surface area contributed by atoms with Crippen molar-refractivity contribution in [1.29, 1.82) is 0 Å². The van der Waals surface area contributed by atoms with Gasteiger partial charge in [-0.25, -0.2) is 4.39 Å². The lowest BCUT2D eigenvalue weighted by atomic mass is 10.0. The van der Waals surface area contributed by atoms with Gasteiger partial charge in [0.15, 0.2) is 5.69 Å². The van der Waals surface area contributed by atoms with Crippen LogP contribution >= 0.6 is 11.5 Å². The van der Waals surface area contributed by atoms with Gasteiger partial charge in [-0.1, -0.05) is 28.8 Å². The van der Waals surface area contributed by atoms with Crippen molar-refractivity contribution in [2.75, 3.05) is 0 Å². The fraction of sp³-hybridized carbons (Fsp3) is 0.286. The highest BCUT2D eigenvalue weighted by atomic mass is 32.1. The molecule has 1 N–H and O–H groups in total. The fourth-order valence-corrected chi connectivity index (χ4v) is 3.37. The molecular formula is C21H22FN5O2S. The van der Waals surface area contributed by atoms with Crippen molar-refractivity contribution in [1.82, 2.24) is 24.8 Å². The Morgan fingerprint density at radius 2 is 1.97 bits per heavy atom. The number of carbonyl (C=O) groups excluding carboxylic acids is 2. The summed E-state index contributed by atoms with van der Waals surface area (Å²) in [5.74, 6) is -1.39. The summed E-state index contributed by atoms with van der Waals surface area (Å²) < 4.78 is 18.2. The lowest BCUT2D eigenvalue weighted by molar-refractivity contribution is -0.127. The number of amides is 2. The van der Waals surface area contributed by atoms with Crippen LogP contribution in [0.15, 0.2) is 54.2 Å². The highest BCUT2D eigenvalue weighted by Gasteiger charge is 2.35. The minimum absolute atomic E-state index is 0.0915. The maximum absolute atomic E-state index is 14.4. The van der Waals surface area contributed by atoms with Crippen LogP contribution < -0.4 is 5.32 Å². The van der Waals surface area contributed by atoms with E-state index in [1.165, 1.54) is 22.5 Å². The van der Waals surface area contributed by atoms with E-state index in [0.29, 0.717) is 5.56 Å². The molecule has 0 fully saturated rings. The Morgan fingerprint density at radius 3 is 2.57 bits per heavy atom. The van der Waals surface area contributed by atoms with Crippen molar-refractivity contribution < 1.29 is 14.0 Å². The topological polar surface area (TPSA) is 88.1 Å². The first kappa shape index (κ1) is 21.5. The monoisotopic (exact) mass is 427 g/mol. The Morgan fingerprint density at radius 1 is 1.20 bits per heavy atom. The summed E-state index contributed by atoms with van der Waals surface area (Å²) in [7, 11) is 0. The van der Waals surface area contributed by atoms with E-state index in [1.54, 1.807) is 36.5 Å². The third kappa shape index (κ3) is 5.24. The molecule has 9 heteroatoms. The summed E-state index contributed by atoms with van der Waals surface area (Å²) in [4.78, 5) is 32.0. The normalized spacial score (nSPS) is 12.3. The summed E-state index contributed by atoms with van der Waals surface area (Å²) in [6.45, 7) is 5.41. The average molecular weight is 428 g/mol. The molecule has 1 aromatic carbocycles. The van der Waals surface area contributed by atoms with Crippen LogP contribution in [0.2, 0.25) is 0 Å². The van der Waals surface area contributed by atoms with Crippen LogP contribution in [-0.2, 0) is 11.3 Å². The number of carbonyl (C=O) groups is 2. The van der Waals surface area contributed by atoms with Gasteiger partial charge < -0.3 is 10.2 Å². The molecule has 0 aliphatic heterocycles. The zero-order valence-corrected chi connectivity index (χ0v) is 17.7. The average Bonchev–Trinajstić information content (AvgIpc) is 3.23. The van der Waals surface area contributed by atoms with Crippen molar-refractivity contribution in [3.8, 4) is 0 Å². The van der Waals surface area contributed by atoms with Crippen LogP contribution in [0.3, 0.4) is 0 Å². The smallest absolute Gasteiger partial charge is 0.276 e. The summed E-state index contributed by atoms with van der Waals surface area (Å²) in [6, 6.07) is 8.50. The number of hydrogen-bond donors (Lipinski definition) is 1. The Bertz CT molecular complexity index is 1010. The molecule has 2 amide bonds. The van der Waals surface area contributed by atoms with Crippen LogP contribution in [-0.4, -0.2) is 36.8 Å². The fourth-order valence-electron chi connectivity index (χ4n) is 2.94. The quantitative estimate of drug-likeness (QED) is 0.652. The molecule has 0 aliphatic rings. The largest absolute Gasteiger partial charge is 0.349 e. The maximum atomic E-state index is 14.4. The molecule has 0 spiro atoms. The number of aromatic nitrogens is 3. The highest BCUT2D eigenvalue weighted by Crippen LogP contribution is 2.26. The number of nitrogens with one attached hydrogen (secondary N) is 1. The molecule has 0 unspecified atom stereocenters. The minimum Gasteiger partial charge on any atom is -0.349 e. The van der Waals surface area contributed by atoms with Gasteiger partial charge in [0.25, 0.3) is 5.91 Å². The Labute approximate surface area is 178 Å². The SMILES string of the molecule is CC(C)(C)NC(=O)[C@H](c1cccnc1)N(Cc1ccccc1F)C(=O)c1csnn1. The van der Waals surface area contributed by atoms with Crippen molar-refractivity contribution in [3.63, 3.8) is 0 Å².